The Morgan fingerprint density at radius 1 is 1.35 bits per heavy atom. The van der Waals surface area contributed by atoms with Crippen LogP contribution < -0.4 is 11.1 Å². The minimum atomic E-state index is -0.419. The number of rotatable bonds is 3. The molecule has 3 heteroatoms. The first-order valence-electron chi connectivity index (χ1n) is 5.85. The Morgan fingerprint density at radius 3 is 2.35 bits per heavy atom. The molecule has 0 bridgehead atoms. The molecule has 1 rings (SSSR count). The second kappa shape index (κ2) is 4.88. The zero-order chi connectivity index (χ0) is 13.2. The molecule has 1 atom stereocenters. The van der Waals surface area contributed by atoms with Crippen molar-refractivity contribution in [1.29, 1.82) is 0 Å². The Bertz CT molecular complexity index is 419. The van der Waals surface area contributed by atoms with E-state index in [2.05, 4.69) is 38.2 Å². The van der Waals surface area contributed by atoms with Gasteiger partial charge in [-0.25, -0.2) is 0 Å². The lowest BCUT2D eigenvalue weighted by Crippen LogP contribution is -2.32. The Labute approximate surface area is 103 Å². The number of primary amides is 1. The lowest BCUT2D eigenvalue weighted by molar-refractivity contribution is -0.120. The number of amides is 1. The van der Waals surface area contributed by atoms with Crippen molar-refractivity contribution in [2.75, 3.05) is 7.05 Å². The second-order valence-corrected chi connectivity index (χ2v) is 5.45. The van der Waals surface area contributed by atoms with E-state index in [1.54, 1.807) is 7.05 Å². The van der Waals surface area contributed by atoms with Gasteiger partial charge in [0, 0.05) is 0 Å². The maximum Gasteiger partial charge on any atom is 0.239 e. The third-order valence-corrected chi connectivity index (χ3v) is 3.03. The van der Waals surface area contributed by atoms with E-state index in [0.29, 0.717) is 0 Å². The molecule has 0 fully saturated rings. The first-order valence-corrected chi connectivity index (χ1v) is 5.85. The van der Waals surface area contributed by atoms with Gasteiger partial charge in [0.25, 0.3) is 0 Å². The monoisotopic (exact) mass is 234 g/mol. The quantitative estimate of drug-likeness (QED) is 0.841. The van der Waals surface area contributed by atoms with E-state index in [4.69, 9.17) is 5.73 Å². The third-order valence-electron chi connectivity index (χ3n) is 3.03. The summed E-state index contributed by atoms with van der Waals surface area (Å²) in [5.74, 6) is -0.346. The van der Waals surface area contributed by atoms with Gasteiger partial charge in [0.2, 0.25) is 5.91 Å². The van der Waals surface area contributed by atoms with Gasteiger partial charge in [-0.1, -0.05) is 39.0 Å². The zero-order valence-corrected chi connectivity index (χ0v) is 11.3. The largest absolute Gasteiger partial charge is 0.368 e. The predicted molar refractivity (Wildman–Crippen MR) is 70.9 cm³/mol. The molecule has 3 N–H and O–H groups in total. The van der Waals surface area contributed by atoms with Gasteiger partial charge >= 0.3 is 0 Å². The van der Waals surface area contributed by atoms with Gasteiger partial charge in [-0.05, 0) is 36.1 Å². The summed E-state index contributed by atoms with van der Waals surface area (Å²) >= 11 is 0. The molecule has 0 saturated carbocycles. The van der Waals surface area contributed by atoms with Crippen LogP contribution in [0.3, 0.4) is 0 Å². The molecule has 1 amide bonds. The van der Waals surface area contributed by atoms with Crippen molar-refractivity contribution in [3.63, 3.8) is 0 Å². The van der Waals surface area contributed by atoms with Crippen molar-refractivity contribution in [2.24, 2.45) is 5.73 Å². The highest BCUT2D eigenvalue weighted by Gasteiger charge is 2.21. The van der Waals surface area contributed by atoms with E-state index >= 15 is 0 Å². The fourth-order valence-electron chi connectivity index (χ4n) is 1.87. The molecule has 0 aliphatic carbocycles. The lowest BCUT2D eigenvalue weighted by atomic mass is 9.84. The van der Waals surface area contributed by atoms with Crippen molar-refractivity contribution < 1.29 is 4.79 Å². The fourth-order valence-corrected chi connectivity index (χ4v) is 1.87. The van der Waals surface area contributed by atoms with Crippen LogP contribution in [0, 0.1) is 6.92 Å². The molecular weight excluding hydrogens is 212 g/mol. The highest BCUT2D eigenvalue weighted by molar-refractivity contribution is 5.81. The number of benzene rings is 1. The average molecular weight is 234 g/mol. The molecule has 0 spiro atoms. The smallest absolute Gasteiger partial charge is 0.239 e. The van der Waals surface area contributed by atoms with E-state index in [9.17, 15) is 4.79 Å². The maximum absolute atomic E-state index is 11.4. The third kappa shape index (κ3) is 3.07. The highest BCUT2D eigenvalue weighted by atomic mass is 16.1. The molecule has 0 aromatic heterocycles. The number of carbonyl (C=O) groups is 1. The number of aryl methyl sites for hydroxylation is 1. The fraction of sp³-hybridized carbons (Fsp3) is 0.500. The molecule has 1 aromatic rings. The van der Waals surface area contributed by atoms with Gasteiger partial charge in [0.1, 0.15) is 6.04 Å². The van der Waals surface area contributed by atoms with Crippen LogP contribution in [0.15, 0.2) is 18.2 Å². The van der Waals surface area contributed by atoms with E-state index in [1.165, 1.54) is 5.56 Å². The minimum Gasteiger partial charge on any atom is -0.368 e. The molecule has 94 valence electrons. The standard InChI is InChI=1S/C14H22N2O/c1-9-6-7-10(14(2,3)4)8-11(9)12(16-5)13(15)17/h6-8,12,16H,1-5H3,(H2,15,17). The van der Waals surface area contributed by atoms with Crippen LogP contribution in [-0.4, -0.2) is 13.0 Å². The minimum absolute atomic E-state index is 0.0678. The van der Waals surface area contributed by atoms with Crippen molar-refractivity contribution in [3.8, 4) is 0 Å². The van der Waals surface area contributed by atoms with Gasteiger partial charge in [-0.3, -0.25) is 4.79 Å². The normalized spacial score (nSPS) is 13.5. The summed E-state index contributed by atoms with van der Waals surface area (Å²) in [5.41, 5.74) is 8.73. The summed E-state index contributed by atoms with van der Waals surface area (Å²) in [6, 6.07) is 5.80. The van der Waals surface area contributed by atoms with Crippen LogP contribution in [0.5, 0.6) is 0 Å². The molecule has 0 aliphatic heterocycles. The van der Waals surface area contributed by atoms with Gasteiger partial charge < -0.3 is 11.1 Å². The van der Waals surface area contributed by atoms with E-state index < -0.39 is 6.04 Å². The average Bonchev–Trinajstić information content (AvgIpc) is 2.19. The summed E-state index contributed by atoms with van der Waals surface area (Å²) in [6.07, 6.45) is 0. The first kappa shape index (κ1) is 13.7. The lowest BCUT2D eigenvalue weighted by Gasteiger charge is -2.23. The Hall–Kier alpha value is -1.35. The molecule has 0 saturated heterocycles. The topological polar surface area (TPSA) is 55.1 Å². The number of likely N-dealkylation sites (N-methyl/N-ethyl adjacent to an activating group) is 1. The Balaban J connectivity index is 3.28. The molecule has 1 unspecified atom stereocenters. The number of nitrogens with two attached hydrogens (primary N) is 1. The SMILES string of the molecule is CNC(C(N)=O)c1cc(C(C)(C)C)ccc1C. The van der Waals surface area contributed by atoms with Crippen LogP contribution in [0.1, 0.15) is 43.5 Å². The van der Waals surface area contributed by atoms with Gasteiger partial charge in [-0.15, -0.1) is 0 Å². The van der Waals surface area contributed by atoms with Crippen molar-refractivity contribution in [3.05, 3.63) is 34.9 Å². The highest BCUT2D eigenvalue weighted by Crippen LogP contribution is 2.27. The molecule has 17 heavy (non-hydrogen) atoms. The molecule has 0 aliphatic rings. The summed E-state index contributed by atoms with van der Waals surface area (Å²) < 4.78 is 0. The van der Waals surface area contributed by atoms with E-state index in [-0.39, 0.29) is 11.3 Å². The second-order valence-electron chi connectivity index (χ2n) is 5.45. The van der Waals surface area contributed by atoms with Gasteiger partial charge in [-0.2, -0.15) is 0 Å². The molecule has 0 heterocycles. The van der Waals surface area contributed by atoms with Crippen LogP contribution in [-0.2, 0) is 10.2 Å². The van der Waals surface area contributed by atoms with Crippen LogP contribution in [0.2, 0.25) is 0 Å². The summed E-state index contributed by atoms with van der Waals surface area (Å²) in [6.45, 7) is 8.45. The number of hydrogen-bond acceptors (Lipinski definition) is 2. The molecular formula is C14H22N2O. The Kier molecular flexibility index (Phi) is 3.94. The van der Waals surface area contributed by atoms with Crippen LogP contribution in [0.4, 0.5) is 0 Å². The van der Waals surface area contributed by atoms with E-state index in [1.807, 2.05) is 13.0 Å². The zero-order valence-electron chi connectivity index (χ0n) is 11.3. The van der Waals surface area contributed by atoms with Crippen LogP contribution in [0.25, 0.3) is 0 Å². The summed E-state index contributed by atoms with van der Waals surface area (Å²) in [4.78, 5) is 11.4. The predicted octanol–water partition coefficient (Wildman–Crippen LogP) is 2.04. The summed E-state index contributed by atoms with van der Waals surface area (Å²) in [7, 11) is 1.75. The van der Waals surface area contributed by atoms with Crippen LogP contribution >= 0.6 is 0 Å². The number of carbonyl (C=O) groups excluding carboxylic acids is 1. The first-order chi connectivity index (χ1) is 7.77. The van der Waals surface area contributed by atoms with E-state index in [0.717, 1.165) is 11.1 Å². The summed E-state index contributed by atoms with van der Waals surface area (Å²) in [5, 5.41) is 2.96. The maximum atomic E-state index is 11.4. The Morgan fingerprint density at radius 2 is 1.94 bits per heavy atom. The van der Waals surface area contributed by atoms with Gasteiger partial charge in [0.15, 0.2) is 0 Å². The molecule has 3 nitrogen and oxygen atoms in total. The number of nitrogens with one attached hydrogen (secondary N) is 1. The van der Waals surface area contributed by atoms with Crippen molar-refractivity contribution >= 4 is 5.91 Å². The van der Waals surface area contributed by atoms with Gasteiger partial charge in [0.05, 0.1) is 0 Å². The van der Waals surface area contributed by atoms with Crippen molar-refractivity contribution in [1.82, 2.24) is 5.32 Å². The number of hydrogen-bond donors (Lipinski definition) is 2. The van der Waals surface area contributed by atoms with Crippen molar-refractivity contribution in [2.45, 2.75) is 39.2 Å². The molecule has 0 radical (unpaired) electrons. The molecule has 1 aromatic carbocycles.